The molecule has 1 aromatic heterocycles. The Hall–Kier alpha value is -1.06. The molecule has 2 aromatic rings. The van der Waals surface area contributed by atoms with Gasteiger partial charge in [-0.3, -0.25) is 0 Å². The van der Waals surface area contributed by atoms with Crippen molar-refractivity contribution in [3.63, 3.8) is 0 Å². The van der Waals surface area contributed by atoms with E-state index >= 15 is 0 Å². The van der Waals surface area contributed by atoms with Crippen molar-refractivity contribution in [2.75, 3.05) is 0 Å². The molecule has 14 heavy (non-hydrogen) atoms. The van der Waals surface area contributed by atoms with Gasteiger partial charge in [0.15, 0.2) is 5.58 Å². The summed E-state index contributed by atoms with van der Waals surface area (Å²) in [6, 6.07) is 3.58. The Balaban J connectivity index is 2.96. The van der Waals surface area contributed by atoms with Gasteiger partial charge in [-0.2, -0.15) is 0 Å². The zero-order valence-electron chi connectivity index (χ0n) is 6.68. The van der Waals surface area contributed by atoms with Gasteiger partial charge in [0, 0.05) is 5.39 Å². The number of hydrogen-bond acceptors (Lipinski definition) is 2. The van der Waals surface area contributed by atoms with Crippen LogP contribution in [0.25, 0.3) is 11.0 Å². The highest BCUT2D eigenvalue weighted by molar-refractivity contribution is 6.35. The first-order chi connectivity index (χ1) is 6.58. The molecule has 0 aliphatic carbocycles. The van der Waals surface area contributed by atoms with Crippen LogP contribution in [0, 0.1) is 5.82 Å². The van der Waals surface area contributed by atoms with Crippen molar-refractivity contribution < 1.29 is 8.81 Å². The van der Waals surface area contributed by atoms with Crippen LogP contribution in [-0.2, 0) is 0 Å². The number of halogens is 3. The van der Waals surface area contributed by atoms with Gasteiger partial charge in [-0.1, -0.05) is 23.2 Å². The van der Waals surface area contributed by atoms with Gasteiger partial charge in [0.05, 0.1) is 5.02 Å². The average molecular weight is 233 g/mol. The smallest absolute Gasteiger partial charge is 0.355 e. The summed E-state index contributed by atoms with van der Waals surface area (Å²) in [4.78, 5) is 11.0. The minimum absolute atomic E-state index is 0.0498. The highest BCUT2D eigenvalue weighted by Crippen LogP contribution is 2.25. The van der Waals surface area contributed by atoms with E-state index in [1.165, 1.54) is 12.1 Å². The topological polar surface area (TPSA) is 30.2 Å². The van der Waals surface area contributed by atoms with Gasteiger partial charge >= 0.3 is 5.63 Å². The summed E-state index contributed by atoms with van der Waals surface area (Å²) < 4.78 is 17.7. The van der Waals surface area contributed by atoms with Gasteiger partial charge in [-0.05, 0) is 18.2 Å². The van der Waals surface area contributed by atoms with Crippen LogP contribution in [0.1, 0.15) is 0 Å². The van der Waals surface area contributed by atoms with Crippen molar-refractivity contribution in [3.8, 4) is 0 Å². The van der Waals surface area contributed by atoms with Crippen molar-refractivity contribution in [3.05, 3.63) is 44.5 Å². The first kappa shape index (κ1) is 9.49. The van der Waals surface area contributed by atoms with Crippen molar-refractivity contribution >= 4 is 34.2 Å². The van der Waals surface area contributed by atoms with Crippen molar-refractivity contribution in [1.29, 1.82) is 0 Å². The lowest BCUT2D eigenvalue weighted by Gasteiger charge is -1.99. The third-order valence-electron chi connectivity index (χ3n) is 1.71. The molecule has 0 bridgehead atoms. The minimum Gasteiger partial charge on any atom is -0.420 e. The molecule has 0 fully saturated rings. The van der Waals surface area contributed by atoms with Gasteiger partial charge in [0.25, 0.3) is 0 Å². The van der Waals surface area contributed by atoms with E-state index in [4.69, 9.17) is 27.6 Å². The van der Waals surface area contributed by atoms with Crippen LogP contribution >= 0.6 is 23.2 Å². The van der Waals surface area contributed by atoms with Crippen molar-refractivity contribution in [2.24, 2.45) is 0 Å². The Morgan fingerprint density at radius 1 is 1.14 bits per heavy atom. The van der Waals surface area contributed by atoms with E-state index in [0.717, 1.165) is 6.07 Å². The average Bonchev–Trinajstić information content (AvgIpc) is 2.08. The Morgan fingerprint density at radius 2 is 1.86 bits per heavy atom. The minimum atomic E-state index is -0.687. The Kier molecular flexibility index (Phi) is 2.21. The highest BCUT2D eigenvalue weighted by atomic mass is 35.5. The molecule has 1 heterocycles. The molecule has 5 heteroatoms. The standard InChI is InChI=1S/C9H3Cl2FO2/c10-6-3-5(12)1-4-2-7(11)9(13)14-8(4)6/h1-3H. The lowest BCUT2D eigenvalue weighted by Crippen LogP contribution is -1.98. The second-order valence-electron chi connectivity index (χ2n) is 2.69. The maximum absolute atomic E-state index is 12.9. The molecule has 2 rings (SSSR count). The van der Waals surface area contributed by atoms with E-state index in [2.05, 4.69) is 0 Å². The number of fused-ring (bicyclic) bond motifs is 1. The molecular formula is C9H3Cl2FO2. The summed E-state index contributed by atoms with van der Waals surface area (Å²) in [6.45, 7) is 0. The van der Waals surface area contributed by atoms with E-state index in [1.807, 2.05) is 0 Å². The molecule has 72 valence electrons. The second kappa shape index (κ2) is 3.26. The van der Waals surface area contributed by atoms with Crippen LogP contribution in [0.4, 0.5) is 4.39 Å². The summed E-state index contributed by atoms with van der Waals surface area (Å²) in [7, 11) is 0. The Morgan fingerprint density at radius 3 is 2.57 bits per heavy atom. The molecule has 0 saturated heterocycles. The fourth-order valence-corrected chi connectivity index (χ4v) is 1.54. The first-order valence-corrected chi connectivity index (χ1v) is 4.42. The molecule has 0 N–H and O–H groups in total. The molecule has 0 unspecified atom stereocenters. The van der Waals surface area contributed by atoms with Gasteiger partial charge in [-0.25, -0.2) is 9.18 Å². The van der Waals surface area contributed by atoms with Crippen molar-refractivity contribution in [1.82, 2.24) is 0 Å². The SMILES string of the molecule is O=c1oc2c(Cl)cc(F)cc2cc1Cl. The molecule has 1 aromatic carbocycles. The number of hydrogen-bond donors (Lipinski definition) is 0. The summed E-state index contributed by atoms with van der Waals surface area (Å²) >= 11 is 11.2. The normalized spacial score (nSPS) is 10.8. The largest absolute Gasteiger partial charge is 0.420 e. The van der Waals surface area contributed by atoms with E-state index in [0.29, 0.717) is 5.39 Å². The maximum Gasteiger partial charge on any atom is 0.355 e. The summed E-state index contributed by atoms with van der Waals surface area (Å²) in [5.74, 6) is -0.507. The molecule has 0 aliphatic rings. The van der Waals surface area contributed by atoms with Crippen LogP contribution in [-0.4, -0.2) is 0 Å². The molecule has 0 atom stereocenters. The van der Waals surface area contributed by atoms with Gasteiger partial charge in [0.2, 0.25) is 0 Å². The molecule has 0 spiro atoms. The zero-order chi connectivity index (χ0) is 10.3. The summed E-state index contributed by atoms with van der Waals surface area (Å²) in [6.07, 6.45) is 0. The van der Waals surface area contributed by atoms with Crippen LogP contribution in [0.5, 0.6) is 0 Å². The fraction of sp³-hybridized carbons (Fsp3) is 0. The maximum atomic E-state index is 12.9. The summed E-state index contributed by atoms with van der Waals surface area (Å²) in [5, 5.41) is 0.313. The molecule has 0 saturated carbocycles. The van der Waals surface area contributed by atoms with E-state index < -0.39 is 11.4 Å². The van der Waals surface area contributed by atoms with Crippen molar-refractivity contribution in [2.45, 2.75) is 0 Å². The fourth-order valence-electron chi connectivity index (χ4n) is 1.13. The first-order valence-electron chi connectivity index (χ1n) is 3.66. The predicted octanol–water partition coefficient (Wildman–Crippen LogP) is 3.24. The molecule has 0 radical (unpaired) electrons. The second-order valence-corrected chi connectivity index (χ2v) is 3.50. The molecule has 0 aliphatic heterocycles. The Labute approximate surface area is 87.9 Å². The predicted molar refractivity (Wildman–Crippen MR) is 52.5 cm³/mol. The van der Waals surface area contributed by atoms with Gasteiger partial charge in [0.1, 0.15) is 10.8 Å². The van der Waals surface area contributed by atoms with Gasteiger partial charge < -0.3 is 4.42 Å². The summed E-state index contributed by atoms with van der Waals surface area (Å²) in [5.41, 5.74) is -0.546. The number of benzene rings is 1. The monoisotopic (exact) mass is 232 g/mol. The molecule has 0 amide bonds. The lowest BCUT2D eigenvalue weighted by molar-refractivity contribution is 0.559. The van der Waals surface area contributed by atoms with E-state index in [9.17, 15) is 9.18 Å². The lowest BCUT2D eigenvalue weighted by atomic mass is 10.2. The zero-order valence-corrected chi connectivity index (χ0v) is 8.19. The number of rotatable bonds is 0. The molecule has 2 nitrogen and oxygen atoms in total. The van der Waals surface area contributed by atoms with E-state index in [-0.39, 0.29) is 15.6 Å². The Bertz CT molecular complexity index is 562. The quantitative estimate of drug-likeness (QED) is 0.653. The van der Waals surface area contributed by atoms with Crippen LogP contribution in [0.2, 0.25) is 10.0 Å². The molecular weight excluding hydrogens is 230 g/mol. The van der Waals surface area contributed by atoms with Crippen LogP contribution < -0.4 is 5.63 Å². The van der Waals surface area contributed by atoms with E-state index in [1.54, 1.807) is 0 Å². The third-order valence-corrected chi connectivity index (χ3v) is 2.25. The van der Waals surface area contributed by atoms with Gasteiger partial charge in [-0.15, -0.1) is 0 Å². The van der Waals surface area contributed by atoms with Crippen LogP contribution in [0.15, 0.2) is 27.4 Å². The third kappa shape index (κ3) is 1.49. The highest BCUT2D eigenvalue weighted by Gasteiger charge is 2.08. The van der Waals surface area contributed by atoms with Crippen LogP contribution in [0.3, 0.4) is 0 Å².